The van der Waals surface area contributed by atoms with Gasteiger partial charge < -0.3 is 9.47 Å². The van der Waals surface area contributed by atoms with Gasteiger partial charge in [-0.25, -0.2) is 0 Å². The zero-order valence-corrected chi connectivity index (χ0v) is 23.2. The molecule has 0 N–H and O–H groups in total. The summed E-state index contributed by atoms with van der Waals surface area (Å²) in [5.74, 6) is 3.32. The number of rotatable bonds is 13. The van der Waals surface area contributed by atoms with Crippen molar-refractivity contribution in [2.75, 3.05) is 0 Å². The molecule has 2 aromatic carbocycles. The molecule has 2 fully saturated rings. The minimum Gasteiger partial charge on any atom is -0.435 e. The molecular weight excluding hydrogens is 504 g/mol. The van der Waals surface area contributed by atoms with Crippen LogP contribution >= 0.6 is 0 Å². The van der Waals surface area contributed by atoms with Gasteiger partial charge in [0.25, 0.3) is 0 Å². The van der Waals surface area contributed by atoms with Gasteiger partial charge in [0.15, 0.2) is 0 Å². The second-order valence-corrected chi connectivity index (χ2v) is 11.8. The number of aryl methyl sites for hydroxylation is 1. The van der Waals surface area contributed by atoms with E-state index in [-0.39, 0.29) is 17.1 Å². The van der Waals surface area contributed by atoms with Crippen molar-refractivity contribution in [1.29, 1.82) is 0 Å². The van der Waals surface area contributed by atoms with Gasteiger partial charge in [0.05, 0.1) is 5.56 Å². The Kier molecular flexibility index (Phi) is 11.0. The highest BCUT2D eigenvalue weighted by atomic mass is 19.3. The average molecular weight is 549 g/mol. The van der Waals surface area contributed by atoms with Gasteiger partial charge in [0, 0.05) is 0 Å². The van der Waals surface area contributed by atoms with E-state index >= 15 is 0 Å². The van der Waals surface area contributed by atoms with E-state index in [2.05, 4.69) is 11.7 Å². The second-order valence-electron chi connectivity index (χ2n) is 11.8. The number of alkyl halides is 4. The molecule has 6 heteroatoms. The van der Waals surface area contributed by atoms with E-state index < -0.39 is 12.7 Å². The standard InChI is InChI=1S/C33H44F4O2/c1-2-3-4-5-24-8-14-27(15-9-24)28-16-10-25(11-17-28)6-7-26-12-18-29(19-13-26)33(36,37)39-31-22-20-30(21-23-31)38-32(34)35/h12-13,18-25,27-28,32H,2-11,14-17H2,1H3. The Balaban J connectivity index is 1.17. The molecular formula is C33H44F4O2. The quantitative estimate of drug-likeness (QED) is 0.183. The van der Waals surface area contributed by atoms with Crippen molar-refractivity contribution < 1.29 is 27.0 Å². The average Bonchev–Trinajstić information content (AvgIpc) is 2.94. The highest BCUT2D eigenvalue weighted by Crippen LogP contribution is 2.43. The summed E-state index contributed by atoms with van der Waals surface area (Å²) in [5, 5.41) is 0. The maximum Gasteiger partial charge on any atom is 0.426 e. The Labute approximate surface area is 231 Å². The number of hydrogen-bond acceptors (Lipinski definition) is 2. The first-order valence-electron chi connectivity index (χ1n) is 15.0. The van der Waals surface area contributed by atoms with Crippen LogP contribution in [0, 0.1) is 23.7 Å². The summed E-state index contributed by atoms with van der Waals surface area (Å²) in [6.45, 7) is -0.688. The molecule has 216 valence electrons. The molecule has 2 nitrogen and oxygen atoms in total. The summed E-state index contributed by atoms with van der Waals surface area (Å²) >= 11 is 0. The SMILES string of the molecule is CCCCCC1CCC(C2CCC(CCc3ccc(C(F)(F)Oc4ccc(OC(F)F)cc4)cc3)CC2)CC1. The Morgan fingerprint density at radius 3 is 1.79 bits per heavy atom. The van der Waals surface area contributed by atoms with Crippen LogP contribution in [0.3, 0.4) is 0 Å². The van der Waals surface area contributed by atoms with Crippen LogP contribution in [0.2, 0.25) is 0 Å². The minimum atomic E-state index is -3.53. The maximum atomic E-state index is 14.7. The molecule has 0 unspecified atom stereocenters. The molecule has 0 bridgehead atoms. The molecule has 4 rings (SSSR count). The van der Waals surface area contributed by atoms with E-state index in [1.807, 2.05) is 0 Å². The molecule has 0 spiro atoms. The molecule has 0 amide bonds. The lowest BCUT2D eigenvalue weighted by molar-refractivity contribution is -0.185. The van der Waals surface area contributed by atoms with E-state index in [9.17, 15) is 17.6 Å². The van der Waals surface area contributed by atoms with Crippen LogP contribution < -0.4 is 9.47 Å². The van der Waals surface area contributed by atoms with E-state index in [4.69, 9.17) is 4.74 Å². The summed E-state index contributed by atoms with van der Waals surface area (Å²) < 4.78 is 63.0. The van der Waals surface area contributed by atoms with Gasteiger partial charge in [0.2, 0.25) is 0 Å². The Morgan fingerprint density at radius 2 is 1.26 bits per heavy atom. The van der Waals surface area contributed by atoms with Crippen molar-refractivity contribution in [1.82, 2.24) is 0 Å². The second kappa shape index (κ2) is 14.4. The fourth-order valence-electron chi connectivity index (χ4n) is 6.71. The number of benzene rings is 2. The lowest BCUT2D eigenvalue weighted by Crippen LogP contribution is -2.26. The summed E-state index contributed by atoms with van der Waals surface area (Å²) in [6.07, 6.45) is 15.1. The fraction of sp³-hybridized carbons (Fsp3) is 0.636. The molecule has 0 heterocycles. The first kappa shape index (κ1) is 29.7. The third kappa shape index (κ3) is 9.14. The Bertz CT molecular complexity index is 960. The van der Waals surface area contributed by atoms with Gasteiger partial charge in [-0.15, -0.1) is 0 Å². The van der Waals surface area contributed by atoms with Gasteiger partial charge in [-0.05, 0) is 104 Å². The predicted octanol–water partition coefficient (Wildman–Crippen LogP) is 10.5. The molecule has 2 saturated carbocycles. The zero-order chi connectivity index (χ0) is 27.7. The molecule has 2 aliphatic rings. The van der Waals surface area contributed by atoms with Gasteiger partial charge >= 0.3 is 12.7 Å². The van der Waals surface area contributed by atoms with Crippen LogP contribution in [-0.2, 0) is 12.5 Å². The third-order valence-corrected chi connectivity index (χ3v) is 9.09. The molecule has 39 heavy (non-hydrogen) atoms. The lowest BCUT2D eigenvalue weighted by Gasteiger charge is -2.38. The molecule has 2 aliphatic carbocycles. The largest absolute Gasteiger partial charge is 0.435 e. The normalized spacial score (nSPS) is 24.1. The molecule has 2 aromatic rings. The summed E-state index contributed by atoms with van der Waals surface area (Å²) in [7, 11) is 0. The van der Waals surface area contributed by atoms with E-state index in [1.165, 1.54) is 113 Å². The van der Waals surface area contributed by atoms with Crippen molar-refractivity contribution in [2.45, 2.75) is 110 Å². The Hall–Kier alpha value is -2.24. The predicted molar refractivity (Wildman–Crippen MR) is 147 cm³/mol. The molecule has 0 aromatic heterocycles. The van der Waals surface area contributed by atoms with Crippen LogP contribution in [-0.4, -0.2) is 6.61 Å². The van der Waals surface area contributed by atoms with Crippen molar-refractivity contribution in [3.8, 4) is 11.5 Å². The molecule has 0 atom stereocenters. The van der Waals surface area contributed by atoms with Crippen LogP contribution in [0.25, 0.3) is 0 Å². The summed E-state index contributed by atoms with van der Waals surface area (Å²) in [5.41, 5.74) is 0.825. The van der Waals surface area contributed by atoms with Crippen LogP contribution in [0.1, 0.15) is 102 Å². The third-order valence-electron chi connectivity index (χ3n) is 9.09. The number of hydrogen-bond donors (Lipinski definition) is 0. The summed E-state index contributed by atoms with van der Waals surface area (Å²) in [4.78, 5) is 0. The van der Waals surface area contributed by atoms with Crippen LogP contribution in [0.5, 0.6) is 11.5 Å². The van der Waals surface area contributed by atoms with Gasteiger partial charge in [-0.3, -0.25) is 0 Å². The minimum absolute atomic E-state index is 0.112. The van der Waals surface area contributed by atoms with Crippen LogP contribution in [0.15, 0.2) is 48.5 Å². The highest BCUT2D eigenvalue weighted by molar-refractivity contribution is 5.32. The topological polar surface area (TPSA) is 18.5 Å². The summed E-state index contributed by atoms with van der Waals surface area (Å²) in [6, 6.07) is 11.1. The number of ether oxygens (including phenoxy) is 2. The van der Waals surface area contributed by atoms with Crippen molar-refractivity contribution in [2.24, 2.45) is 23.7 Å². The monoisotopic (exact) mass is 548 g/mol. The Morgan fingerprint density at radius 1 is 0.718 bits per heavy atom. The van der Waals surface area contributed by atoms with Crippen LogP contribution in [0.4, 0.5) is 17.6 Å². The van der Waals surface area contributed by atoms with Gasteiger partial charge in [-0.2, -0.15) is 17.6 Å². The first-order valence-corrected chi connectivity index (χ1v) is 15.0. The van der Waals surface area contributed by atoms with Gasteiger partial charge in [0.1, 0.15) is 11.5 Å². The van der Waals surface area contributed by atoms with E-state index in [0.29, 0.717) is 0 Å². The van der Waals surface area contributed by atoms with Crippen molar-refractivity contribution in [3.05, 3.63) is 59.7 Å². The van der Waals surface area contributed by atoms with Gasteiger partial charge in [-0.1, -0.05) is 70.4 Å². The molecule has 0 radical (unpaired) electrons. The maximum absolute atomic E-state index is 14.7. The number of halogens is 4. The molecule has 0 saturated heterocycles. The first-order chi connectivity index (χ1) is 18.8. The van der Waals surface area contributed by atoms with Crippen molar-refractivity contribution >= 4 is 0 Å². The zero-order valence-electron chi connectivity index (χ0n) is 23.2. The molecule has 0 aliphatic heterocycles. The van der Waals surface area contributed by atoms with E-state index in [0.717, 1.165) is 42.1 Å². The number of unbranched alkanes of at least 4 members (excludes halogenated alkanes) is 2. The highest BCUT2D eigenvalue weighted by Gasteiger charge is 2.35. The fourth-order valence-corrected chi connectivity index (χ4v) is 6.71. The lowest BCUT2D eigenvalue weighted by atomic mass is 9.68. The smallest absolute Gasteiger partial charge is 0.426 e. The van der Waals surface area contributed by atoms with E-state index in [1.54, 1.807) is 12.1 Å². The van der Waals surface area contributed by atoms with Crippen molar-refractivity contribution in [3.63, 3.8) is 0 Å².